The lowest BCUT2D eigenvalue weighted by molar-refractivity contribution is 0.0736. The number of aryl methyl sites for hydroxylation is 1. The highest BCUT2D eigenvalue weighted by Crippen LogP contribution is 2.32. The molecule has 9 heteroatoms. The fourth-order valence-electron chi connectivity index (χ4n) is 3.27. The van der Waals surface area contributed by atoms with Gasteiger partial charge in [0.2, 0.25) is 5.95 Å². The second kappa shape index (κ2) is 7.34. The maximum Gasteiger partial charge on any atom is 0.221 e. The van der Waals surface area contributed by atoms with Crippen LogP contribution in [0.25, 0.3) is 22.3 Å². The predicted molar refractivity (Wildman–Crippen MR) is 113 cm³/mol. The average Bonchev–Trinajstić information content (AvgIpc) is 3.15. The van der Waals surface area contributed by atoms with E-state index in [0.29, 0.717) is 34.9 Å². The fourth-order valence-corrected chi connectivity index (χ4v) is 3.27. The van der Waals surface area contributed by atoms with E-state index >= 15 is 0 Å². The van der Waals surface area contributed by atoms with Crippen LogP contribution in [0, 0.1) is 6.92 Å². The molecule has 0 aliphatic heterocycles. The number of anilines is 1. The Balaban J connectivity index is 1.73. The molecule has 0 amide bonds. The van der Waals surface area contributed by atoms with Crippen molar-refractivity contribution >= 4 is 16.9 Å². The number of aliphatic hydroxyl groups is 1. The number of hydrogen-bond donors (Lipinski definition) is 2. The van der Waals surface area contributed by atoms with E-state index in [4.69, 9.17) is 10.5 Å². The summed E-state index contributed by atoms with van der Waals surface area (Å²) in [6.07, 6.45) is 1.79. The lowest BCUT2D eigenvalue weighted by Crippen LogP contribution is -2.18. The first kappa shape index (κ1) is 19.7. The topological polar surface area (TPSA) is 125 Å². The third kappa shape index (κ3) is 3.79. The molecule has 3 N–H and O–H groups in total. The van der Waals surface area contributed by atoms with Gasteiger partial charge in [-0.15, -0.1) is 5.10 Å². The molecule has 1 aromatic carbocycles. The van der Waals surface area contributed by atoms with Crippen molar-refractivity contribution in [3.05, 3.63) is 53.5 Å². The number of aromatic nitrogens is 6. The molecule has 0 radical (unpaired) electrons. The fraction of sp³-hybridized carbons (Fsp3) is 0.286. The van der Waals surface area contributed by atoms with Gasteiger partial charge in [0.05, 0.1) is 31.2 Å². The largest absolute Gasteiger partial charge is 0.494 e. The van der Waals surface area contributed by atoms with Crippen molar-refractivity contribution in [1.29, 1.82) is 0 Å². The number of ether oxygens (including phenoxy) is 1. The van der Waals surface area contributed by atoms with Crippen LogP contribution >= 0.6 is 0 Å². The van der Waals surface area contributed by atoms with Gasteiger partial charge in [0.1, 0.15) is 28.3 Å². The molecule has 0 aliphatic carbocycles. The van der Waals surface area contributed by atoms with E-state index in [2.05, 4.69) is 25.3 Å². The summed E-state index contributed by atoms with van der Waals surface area (Å²) in [7, 11) is 1.59. The highest BCUT2D eigenvalue weighted by Gasteiger charge is 2.19. The molecule has 154 valence electrons. The third-order valence-corrected chi connectivity index (χ3v) is 4.69. The zero-order valence-electron chi connectivity index (χ0n) is 17.3. The van der Waals surface area contributed by atoms with Gasteiger partial charge in [-0.1, -0.05) is 11.3 Å². The standard InChI is InChI=1S/C21H23N7O2/c1-12-8-14-18(24-20(22)25-19(14)16(9-12)30-4)15-11-28(27-26-15)10-13-6-5-7-17(23-13)21(2,3)29/h5-9,11,29H,10H2,1-4H3,(H2,22,24,25). The minimum absolute atomic E-state index is 0.133. The first-order valence-electron chi connectivity index (χ1n) is 9.46. The van der Waals surface area contributed by atoms with Crippen LogP contribution in [0.2, 0.25) is 0 Å². The summed E-state index contributed by atoms with van der Waals surface area (Å²) in [5, 5.41) is 19.5. The Morgan fingerprint density at radius 2 is 1.97 bits per heavy atom. The molecule has 30 heavy (non-hydrogen) atoms. The van der Waals surface area contributed by atoms with Crippen LogP contribution in [-0.4, -0.2) is 42.2 Å². The Labute approximate surface area is 173 Å². The number of benzene rings is 1. The van der Waals surface area contributed by atoms with Gasteiger partial charge < -0.3 is 15.6 Å². The highest BCUT2D eigenvalue weighted by molar-refractivity contribution is 5.96. The number of methoxy groups -OCH3 is 1. The van der Waals surface area contributed by atoms with Crippen LogP contribution < -0.4 is 10.5 Å². The molecular weight excluding hydrogens is 382 g/mol. The number of pyridine rings is 1. The molecule has 0 bridgehead atoms. The molecule has 0 aliphatic rings. The SMILES string of the molecule is COc1cc(C)cc2c(-c3cn(Cc4cccc(C(C)(C)O)n4)nn3)nc(N)nc12. The van der Waals surface area contributed by atoms with Gasteiger partial charge in [-0.3, -0.25) is 4.98 Å². The molecular formula is C21H23N7O2. The maximum absolute atomic E-state index is 10.2. The number of fused-ring (bicyclic) bond motifs is 1. The van der Waals surface area contributed by atoms with Crippen LogP contribution in [0.4, 0.5) is 5.95 Å². The third-order valence-electron chi connectivity index (χ3n) is 4.69. The molecule has 4 aromatic rings. The van der Waals surface area contributed by atoms with Crippen LogP contribution in [0.3, 0.4) is 0 Å². The summed E-state index contributed by atoms with van der Waals surface area (Å²) in [5.41, 5.74) is 9.07. The number of hydrogen-bond acceptors (Lipinski definition) is 8. The Morgan fingerprint density at radius 3 is 2.70 bits per heavy atom. The summed E-state index contributed by atoms with van der Waals surface area (Å²) in [6, 6.07) is 9.41. The van der Waals surface area contributed by atoms with E-state index in [1.54, 1.807) is 37.9 Å². The van der Waals surface area contributed by atoms with Crippen molar-refractivity contribution in [3.63, 3.8) is 0 Å². The Bertz CT molecular complexity index is 1230. The zero-order chi connectivity index (χ0) is 21.5. The van der Waals surface area contributed by atoms with Crippen molar-refractivity contribution < 1.29 is 9.84 Å². The molecule has 0 saturated carbocycles. The summed E-state index contributed by atoms with van der Waals surface area (Å²) < 4.78 is 7.13. The van der Waals surface area contributed by atoms with Gasteiger partial charge in [-0.2, -0.15) is 0 Å². The second-order valence-electron chi connectivity index (χ2n) is 7.67. The molecule has 9 nitrogen and oxygen atoms in total. The first-order chi connectivity index (χ1) is 14.2. The van der Waals surface area contributed by atoms with Crippen LogP contribution in [0.5, 0.6) is 5.75 Å². The number of nitrogen functional groups attached to an aromatic ring is 1. The van der Waals surface area contributed by atoms with Gasteiger partial charge in [0.15, 0.2) is 0 Å². The molecule has 0 atom stereocenters. The molecule has 0 spiro atoms. The maximum atomic E-state index is 10.2. The minimum atomic E-state index is -1.02. The Kier molecular flexibility index (Phi) is 4.83. The van der Waals surface area contributed by atoms with E-state index in [-0.39, 0.29) is 5.95 Å². The van der Waals surface area contributed by atoms with Crippen LogP contribution in [-0.2, 0) is 12.1 Å². The molecule has 3 heterocycles. The van der Waals surface area contributed by atoms with E-state index < -0.39 is 5.60 Å². The quantitative estimate of drug-likeness (QED) is 0.519. The van der Waals surface area contributed by atoms with E-state index in [0.717, 1.165) is 16.6 Å². The van der Waals surface area contributed by atoms with Crippen molar-refractivity contribution in [2.24, 2.45) is 0 Å². The van der Waals surface area contributed by atoms with Gasteiger partial charge in [0, 0.05) is 5.39 Å². The summed E-state index contributed by atoms with van der Waals surface area (Å²) in [6.45, 7) is 5.78. The number of nitrogens with two attached hydrogens (primary N) is 1. The second-order valence-corrected chi connectivity index (χ2v) is 7.67. The lowest BCUT2D eigenvalue weighted by atomic mass is 10.0. The van der Waals surface area contributed by atoms with Crippen molar-refractivity contribution in [3.8, 4) is 17.1 Å². The molecule has 0 unspecified atom stereocenters. The zero-order valence-corrected chi connectivity index (χ0v) is 17.3. The van der Waals surface area contributed by atoms with Gasteiger partial charge >= 0.3 is 0 Å². The van der Waals surface area contributed by atoms with E-state index in [1.807, 2.05) is 31.2 Å². The van der Waals surface area contributed by atoms with E-state index in [9.17, 15) is 5.11 Å². The van der Waals surface area contributed by atoms with Gasteiger partial charge in [-0.25, -0.2) is 14.6 Å². The summed E-state index contributed by atoms with van der Waals surface area (Å²) in [5.74, 6) is 0.758. The van der Waals surface area contributed by atoms with Crippen molar-refractivity contribution in [1.82, 2.24) is 29.9 Å². The Hall–Kier alpha value is -3.59. The van der Waals surface area contributed by atoms with Crippen LogP contribution in [0.15, 0.2) is 36.5 Å². The highest BCUT2D eigenvalue weighted by atomic mass is 16.5. The average molecular weight is 405 g/mol. The number of rotatable bonds is 5. The lowest BCUT2D eigenvalue weighted by Gasteiger charge is -2.17. The predicted octanol–water partition coefficient (Wildman–Crippen LogP) is 2.46. The first-order valence-corrected chi connectivity index (χ1v) is 9.46. The minimum Gasteiger partial charge on any atom is -0.494 e. The van der Waals surface area contributed by atoms with Crippen molar-refractivity contribution in [2.75, 3.05) is 12.8 Å². The normalized spacial score (nSPS) is 11.8. The summed E-state index contributed by atoms with van der Waals surface area (Å²) in [4.78, 5) is 13.3. The van der Waals surface area contributed by atoms with Crippen LogP contribution in [0.1, 0.15) is 30.8 Å². The number of nitrogens with zero attached hydrogens (tertiary/aromatic N) is 6. The molecule has 3 aromatic heterocycles. The molecule has 4 rings (SSSR count). The Morgan fingerprint density at radius 1 is 1.17 bits per heavy atom. The van der Waals surface area contributed by atoms with Gasteiger partial charge in [0.25, 0.3) is 0 Å². The molecule has 0 saturated heterocycles. The smallest absolute Gasteiger partial charge is 0.221 e. The summed E-state index contributed by atoms with van der Waals surface area (Å²) >= 11 is 0. The monoisotopic (exact) mass is 405 g/mol. The van der Waals surface area contributed by atoms with E-state index in [1.165, 1.54) is 0 Å². The van der Waals surface area contributed by atoms with Crippen molar-refractivity contribution in [2.45, 2.75) is 32.9 Å². The molecule has 0 fully saturated rings. The van der Waals surface area contributed by atoms with Gasteiger partial charge in [-0.05, 0) is 50.6 Å².